The van der Waals surface area contributed by atoms with Crippen LogP contribution in [0.1, 0.15) is 23.2 Å². The quantitative estimate of drug-likeness (QED) is 0.336. The molecule has 0 aliphatic rings. The lowest BCUT2D eigenvalue weighted by Crippen LogP contribution is -2.15. The number of hydrogen-bond acceptors (Lipinski definition) is 3. The van der Waals surface area contributed by atoms with Crippen molar-refractivity contribution in [2.75, 3.05) is 17.2 Å². The van der Waals surface area contributed by atoms with Crippen LogP contribution in [-0.2, 0) is 4.79 Å². The summed E-state index contributed by atoms with van der Waals surface area (Å²) in [6.45, 7) is 0.303. The van der Waals surface area contributed by atoms with Gasteiger partial charge in [0.1, 0.15) is 11.6 Å². The molecule has 0 fully saturated rings. The molecule has 0 aromatic heterocycles. The van der Waals surface area contributed by atoms with Crippen LogP contribution < -0.4 is 15.4 Å². The third kappa shape index (κ3) is 6.85. The Labute approximate surface area is 199 Å². The third-order valence-electron chi connectivity index (χ3n) is 4.29. The molecule has 2 N–H and O–H groups in total. The van der Waals surface area contributed by atoms with Crippen molar-refractivity contribution >= 4 is 58.0 Å². The van der Waals surface area contributed by atoms with Crippen molar-refractivity contribution in [3.63, 3.8) is 0 Å². The molecule has 0 aliphatic carbocycles. The lowest BCUT2D eigenvalue weighted by atomic mass is 10.1. The summed E-state index contributed by atoms with van der Waals surface area (Å²) in [7, 11) is 0. The molecule has 0 saturated heterocycles. The van der Waals surface area contributed by atoms with Crippen LogP contribution in [0.25, 0.3) is 0 Å². The Morgan fingerprint density at radius 1 is 0.875 bits per heavy atom. The van der Waals surface area contributed by atoms with Crippen LogP contribution in [0.15, 0.2) is 60.7 Å². The molecule has 0 spiro atoms. The van der Waals surface area contributed by atoms with Gasteiger partial charge in [-0.2, -0.15) is 0 Å². The second-order valence-corrected chi connectivity index (χ2v) is 7.99. The first-order valence-corrected chi connectivity index (χ1v) is 10.7. The molecule has 9 heteroatoms. The van der Waals surface area contributed by atoms with Crippen molar-refractivity contribution in [2.45, 2.75) is 12.8 Å². The van der Waals surface area contributed by atoms with E-state index in [2.05, 4.69) is 10.6 Å². The normalized spacial score (nSPS) is 10.5. The van der Waals surface area contributed by atoms with E-state index in [9.17, 15) is 14.0 Å². The van der Waals surface area contributed by atoms with Gasteiger partial charge in [-0.3, -0.25) is 9.59 Å². The Morgan fingerprint density at radius 3 is 2.41 bits per heavy atom. The molecule has 0 bridgehead atoms. The van der Waals surface area contributed by atoms with Crippen molar-refractivity contribution in [2.24, 2.45) is 0 Å². The molecule has 166 valence electrons. The smallest absolute Gasteiger partial charge is 0.255 e. The van der Waals surface area contributed by atoms with Crippen molar-refractivity contribution in [1.82, 2.24) is 0 Å². The molecule has 0 radical (unpaired) electrons. The molecule has 3 rings (SSSR count). The predicted molar refractivity (Wildman–Crippen MR) is 126 cm³/mol. The number of amides is 2. The lowest BCUT2D eigenvalue weighted by molar-refractivity contribution is -0.116. The summed E-state index contributed by atoms with van der Waals surface area (Å²) in [6, 6.07) is 15.3. The maximum absolute atomic E-state index is 13.3. The van der Waals surface area contributed by atoms with Gasteiger partial charge < -0.3 is 15.4 Å². The van der Waals surface area contributed by atoms with Crippen LogP contribution >= 0.6 is 34.8 Å². The number of carbonyl (C=O) groups is 2. The maximum atomic E-state index is 13.3. The monoisotopic (exact) mass is 494 g/mol. The maximum Gasteiger partial charge on any atom is 0.255 e. The van der Waals surface area contributed by atoms with Gasteiger partial charge in [-0.25, -0.2) is 4.39 Å². The van der Waals surface area contributed by atoms with E-state index in [1.165, 1.54) is 18.2 Å². The van der Waals surface area contributed by atoms with E-state index in [1.54, 1.807) is 42.5 Å². The van der Waals surface area contributed by atoms with Gasteiger partial charge in [-0.1, -0.05) is 40.9 Å². The summed E-state index contributed by atoms with van der Waals surface area (Å²) >= 11 is 17.6. The zero-order valence-electron chi connectivity index (χ0n) is 16.6. The van der Waals surface area contributed by atoms with Gasteiger partial charge in [0, 0.05) is 28.4 Å². The predicted octanol–water partition coefficient (Wildman–Crippen LogP) is 6.84. The van der Waals surface area contributed by atoms with Gasteiger partial charge in [0.25, 0.3) is 5.91 Å². The SMILES string of the molecule is O=C(CCCOc1ccc(Cl)cc1Cl)Nc1cccc(C(=O)Nc2ccc(F)c(Cl)c2)c1. The van der Waals surface area contributed by atoms with E-state index < -0.39 is 11.7 Å². The Morgan fingerprint density at radius 2 is 1.66 bits per heavy atom. The minimum Gasteiger partial charge on any atom is -0.492 e. The van der Waals surface area contributed by atoms with E-state index in [0.29, 0.717) is 45.8 Å². The minimum absolute atomic E-state index is 0.0915. The number of carbonyl (C=O) groups excluding carboxylic acids is 2. The highest BCUT2D eigenvalue weighted by atomic mass is 35.5. The summed E-state index contributed by atoms with van der Waals surface area (Å²) in [5, 5.41) is 6.20. The lowest BCUT2D eigenvalue weighted by Gasteiger charge is -2.10. The Balaban J connectivity index is 1.49. The van der Waals surface area contributed by atoms with Crippen LogP contribution in [0.4, 0.5) is 15.8 Å². The third-order valence-corrected chi connectivity index (χ3v) is 5.11. The standard InChI is InChI=1S/C23H18Cl3FN2O3/c24-15-6-9-21(19(26)12-15)32-10-2-5-22(30)28-16-4-1-3-14(11-16)23(31)29-17-7-8-20(27)18(25)13-17/h1,3-4,6-9,11-13H,2,5,10H2,(H,28,30)(H,29,31). The number of nitrogens with one attached hydrogen (secondary N) is 2. The van der Waals surface area contributed by atoms with Gasteiger partial charge in [-0.05, 0) is 61.0 Å². The largest absolute Gasteiger partial charge is 0.492 e. The van der Waals surface area contributed by atoms with Crippen molar-refractivity contribution in [3.8, 4) is 5.75 Å². The minimum atomic E-state index is -0.573. The first-order valence-electron chi connectivity index (χ1n) is 9.56. The molecule has 3 aromatic rings. The van der Waals surface area contributed by atoms with E-state index in [0.717, 1.165) is 0 Å². The number of halogens is 4. The molecule has 0 saturated carbocycles. The van der Waals surface area contributed by atoms with E-state index in [4.69, 9.17) is 39.5 Å². The highest BCUT2D eigenvalue weighted by Gasteiger charge is 2.10. The molecule has 0 atom stereocenters. The fourth-order valence-corrected chi connectivity index (χ4v) is 3.39. The fourth-order valence-electron chi connectivity index (χ4n) is 2.75. The van der Waals surface area contributed by atoms with Crippen LogP contribution in [0.5, 0.6) is 5.75 Å². The first-order chi connectivity index (χ1) is 15.3. The number of ether oxygens (including phenoxy) is 1. The van der Waals surface area contributed by atoms with Gasteiger partial charge in [-0.15, -0.1) is 0 Å². The number of benzene rings is 3. The Bertz CT molecular complexity index is 1140. The zero-order valence-corrected chi connectivity index (χ0v) is 18.9. The number of anilines is 2. The van der Waals surface area contributed by atoms with E-state index >= 15 is 0 Å². The van der Waals surface area contributed by atoms with Crippen molar-refractivity contribution in [3.05, 3.63) is 87.1 Å². The van der Waals surface area contributed by atoms with Crippen LogP contribution in [0.2, 0.25) is 15.1 Å². The first kappa shape index (κ1) is 23.9. The van der Waals surface area contributed by atoms with Crippen LogP contribution in [0.3, 0.4) is 0 Å². The average Bonchev–Trinajstić information content (AvgIpc) is 2.75. The molecule has 3 aromatic carbocycles. The second kappa shape index (κ2) is 11.2. The molecular formula is C23H18Cl3FN2O3. The highest BCUT2D eigenvalue weighted by molar-refractivity contribution is 6.35. The number of rotatable bonds is 8. The average molecular weight is 496 g/mol. The Kier molecular flexibility index (Phi) is 8.33. The van der Waals surface area contributed by atoms with Crippen LogP contribution in [-0.4, -0.2) is 18.4 Å². The molecule has 5 nitrogen and oxygen atoms in total. The molecule has 0 heterocycles. The fraction of sp³-hybridized carbons (Fsp3) is 0.130. The van der Waals surface area contributed by atoms with Gasteiger partial charge in [0.15, 0.2) is 0 Å². The van der Waals surface area contributed by atoms with Crippen LogP contribution in [0, 0.1) is 5.82 Å². The summed E-state index contributed by atoms with van der Waals surface area (Å²) in [5.41, 5.74) is 1.15. The molecular weight excluding hydrogens is 478 g/mol. The zero-order chi connectivity index (χ0) is 23.1. The van der Waals surface area contributed by atoms with Gasteiger partial charge >= 0.3 is 0 Å². The Hall–Kier alpha value is -2.80. The topological polar surface area (TPSA) is 67.4 Å². The van der Waals surface area contributed by atoms with Gasteiger partial charge in [0.2, 0.25) is 5.91 Å². The second-order valence-electron chi connectivity index (χ2n) is 6.74. The molecule has 2 amide bonds. The van der Waals surface area contributed by atoms with Crippen molar-refractivity contribution in [1.29, 1.82) is 0 Å². The number of hydrogen-bond donors (Lipinski definition) is 2. The summed E-state index contributed by atoms with van der Waals surface area (Å²) in [6.07, 6.45) is 0.687. The van der Waals surface area contributed by atoms with Gasteiger partial charge in [0.05, 0.1) is 16.7 Å². The molecule has 0 aliphatic heterocycles. The summed E-state index contributed by atoms with van der Waals surface area (Å²) in [5.74, 6) is -0.718. The summed E-state index contributed by atoms with van der Waals surface area (Å²) < 4.78 is 18.8. The van der Waals surface area contributed by atoms with E-state index in [-0.39, 0.29) is 17.4 Å². The highest BCUT2D eigenvalue weighted by Crippen LogP contribution is 2.27. The molecule has 0 unspecified atom stereocenters. The summed E-state index contributed by atoms with van der Waals surface area (Å²) in [4.78, 5) is 24.7. The molecule has 32 heavy (non-hydrogen) atoms. The van der Waals surface area contributed by atoms with Crippen molar-refractivity contribution < 1.29 is 18.7 Å². The van der Waals surface area contributed by atoms with E-state index in [1.807, 2.05) is 0 Å².